The third kappa shape index (κ3) is 3.26. The monoisotopic (exact) mass is 406 g/mol. The van der Waals surface area contributed by atoms with Crippen molar-refractivity contribution in [1.82, 2.24) is 4.98 Å². The Morgan fingerprint density at radius 1 is 1.07 bits per heavy atom. The number of pyridine rings is 1. The Hall–Kier alpha value is -4.14. The number of aromatic nitrogens is 1. The van der Waals surface area contributed by atoms with Gasteiger partial charge >= 0.3 is 0 Å². The van der Waals surface area contributed by atoms with E-state index < -0.39 is 11.1 Å². The molecular weight excluding hydrogens is 388 g/mol. The van der Waals surface area contributed by atoms with Crippen molar-refractivity contribution in [3.05, 3.63) is 82.2 Å². The number of hydrogen-bond donors (Lipinski definition) is 1. The summed E-state index contributed by atoms with van der Waals surface area (Å²) >= 11 is 0. The Labute approximate surface area is 172 Å². The van der Waals surface area contributed by atoms with Gasteiger partial charge in [0.05, 0.1) is 42.2 Å². The van der Waals surface area contributed by atoms with Crippen LogP contribution in [0.3, 0.4) is 0 Å². The molecule has 1 aliphatic heterocycles. The zero-order valence-corrected chi connectivity index (χ0v) is 16.2. The predicted octanol–water partition coefficient (Wildman–Crippen LogP) is 3.78. The zero-order chi connectivity index (χ0) is 21.3. The molecule has 2 aromatic carbocycles. The minimum absolute atomic E-state index is 0.170. The van der Waals surface area contributed by atoms with Gasteiger partial charge in [0, 0.05) is 12.3 Å². The summed E-state index contributed by atoms with van der Waals surface area (Å²) in [5.41, 5.74) is 1.55. The molecule has 1 aliphatic rings. The molecule has 1 atom stereocenters. The minimum atomic E-state index is -0.743. The van der Waals surface area contributed by atoms with Crippen molar-refractivity contribution in [2.75, 3.05) is 24.4 Å². The molecule has 0 saturated heterocycles. The Morgan fingerprint density at radius 3 is 2.57 bits per heavy atom. The van der Waals surface area contributed by atoms with E-state index in [0.717, 1.165) is 0 Å². The van der Waals surface area contributed by atoms with E-state index in [4.69, 9.17) is 9.47 Å². The second-order valence-corrected chi connectivity index (χ2v) is 6.50. The molecule has 0 fully saturated rings. The van der Waals surface area contributed by atoms with Crippen LogP contribution in [0.4, 0.5) is 17.1 Å². The smallest absolute Gasteiger partial charge is 0.296 e. The number of methoxy groups -OCH3 is 2. The molecule has 4 rings (SSSR count). The number of fused-ring (bicyclic) bond motifs is 1. The van der Waals surface area contributed by atoms with Crippen LogP contribution in [-0.4, -0.2) is 30.0 Å². The van der Waals surface area contributed by atoms with Crippen LogP contribution >= 0.6 is 0 Å². The number of carbonyl (C=O) groups excluding carboxylic acids is 1. The van der Waals surface area contributed by atoms with Crippen molar-refractivity contribution < 1.29 is 19.2 Å². The molecule has 30 heavy (non-hydrogen) atoms. The molecule has 1 N–H and O–H groups in total. The molecule has 3 aromatic rings. The van der Waals surface area contributed by atoms with Crippen LogP contribution in [0.5, 0.6) is 11.5 Å². The van der Waals surface area contributed by atoms with E-state index >= 15 is 0 Å². The van der Waals surface area contributed by atoms with Gasteiger partial charge in [-0.05, 0) is 36.4 Å². The number of nitrogens with zero attached hydrogens (tertiary/aromatic N) is 3. The third-order valence-corrected chi connectivity index (χ3v) is 4.83. The lowest BCUT2D eigenvalue weighted by atomic mass is 10.2. The van der Waals surface area contributed by atoms with Gasteiger partial charge in [-0.3, -0.25) is 24.8 Å². The number of nitro groups is 1. The van der Waals surface area contributed by atoms with E-state index in [1.165, 1.54) is 25.2 Å². The number of carbonyl (C=O) groups is 1. The molecule has 0 bridgehead atoms. The van der Waals surface area contributed by atoms with E-state index in [2.05, 4.69) is 10.3 Å². The predicted molar refractivity (Wildman–Crippen MR) is 110 cm³/mol. The lowest BCUT2D eigenvalue weighted by Crippen LogP contribution is -2.32. The summed E-state index contributed by atoms with van der Waals surface area (Å²) in [6.45, 7) is 0. The maximum absolute atomic E-state index is 13.2. The van der Waals surface area contributed by atoms with E-state index in [1.54, 1.807) is 54.7 Å². The molecule has 152 valence electrons. The number of amides is 1. The van der Waals surface area contributed by atoms with Crippen molar-refractivity contribution in [3.8, 4) is 11.5 Å². The molecule has 0 saturated carbocycles. The van der Waals surface area contributed by atoms with Gasteiger partial charge in [-0.2, -0.15) is 0 Å². The highest BCUT2D eigenvalue weighted by atomic mass is 16.6. The standard InChI is InChI=1S/C21H18N4O5/c1-29-14-6-3-5-13(11-14)24-20(19-16(21(24)26)7-4-10-22-19)23-17-9-8-15(30-2)12-18(17)25(27)28/h3-12,20,23H,1-2H3/t20-/m1/s1. The first kappa shape index (κ1) is 19.2. The Morgan fingerprint density at radius 2 is 1.83 bits per heavy atom. The van der Waals surface area contributed by atoms with E-state index in [0.29, 0.717) is 28.4 Å². The summed E-state index contributed by atoms with van der Waals surface area (Å²) in [5, 5.41) is 14.7. The average molecular weight is 406 g/mol. The molecule has 2 heterocycles. The van der Waals surface area contributed by atoms with Crippen LogP contribution < -0.4 is 19.7 Å². The maximum Gasteiger partial charge on any atom is 0.296 e. The van der Waals surface area contributed by atoms with Crippen LogP contribution in [0.1, 0.15) is 22.2 Å². The van der Waals surface area contributed by atoms with E-state index in [9.17, 15) is 14.9 Å². The largest absolute Gasteiger partial charge is 0.497 e. The van der Waals surface area contributed by atoms with Gasteiger partial charge in [-0.1, -0.05) is 6.07 Å². The second kappa shape index (κ2) is 7.70. The summed E-state index contributed by atoms with van der Waals surface area (Å²) in [4.78, 5) is 30.1. The van der Waals surface area contributed by atoms with Gasteiger partial charge in [-0.15, -0.1) is 0 Å². The first-order valence-electron chi connectivity index (χ1n) is 9.05. The number of rotatable bonds is 6. The molecule has 0 spiro atoms. The topological polar surface area (TPSA) is 107 Å². The van der Waals surface area contributed by atoms with Crippen molar-refractivity contribution in [2.24, 2.45) is 0 Å². The van der Waals surface area contributed by atoms with Gasteiger partial charge in [0.25, 0.3) is 11.6 Å². The fraction of sp³-hybridized carbons (Fsp3) is 0.143. The molecule has 9 heteroatoms. The van der Waals surface area contributed by atoms with E-state index in [-0.39, 0.29) is 17.3 Å². The summed E-state index contributed by atoms with van der Waals surface area (Å²) in [5.74, 6) is 0.677. The lowest BCUT2D eigenvalue weighted by Gasteiger charge is -2.26. The molecule has 9 nitrogen and oxygen atoms in total. The van der Waals surface area contributed by atoms with Crippen LogP contribution in [0.15, 0.2) is 60.8 Å². The molecular formula is C21H18N4O5. The Bertz CT molecular complexity index is 1130. The second-order valence-electron chi connectivity index (χ2n) is 6.50. The SMILES string of the molecule is COc1cccc(N2C(=O)c3cccnc3[C@@H]2Nc2ccc(OC)cc2[N+](=O)[O-])c1. The Balaban J connectivity index is 1.81. The number of hydrogen-bond acceptors (Lipinski definition) is 7. The van der Waals surface area contributed by atoms with Gasteiger partial charge in [0.15, 0.2) is 6.17 Å². The third-order valence-electron chi connectivity index (χ3n) is 4.83. The Kier molecular flexibility index (Phi) is 4.93. The molecule has 1 amide bonds. The van der Waals surface area contributed by atoms with Crippen molar-refractivity contribution >= 4 is 23.0 Å². The number of nitro benzene ring substituents is 1. The number of nitrogens with one attached hydrogen (secondary N) is 1. The summed E-state index contributed by atoms with van der Waals surface area (Å²) in [7, 11) is 2.98. The number of benzene rings is 2. The summed E-state index contributed by atoms with van der Waals surface area (Å²) in [6, 6.07) is 14.9. The first-order chi connectivity index (χ1) is 14.5. The molecule has 1 aromatic heterocycles. The fourth-order valence-electron chi connectivity index (χ4n) is 3.40. The first-order valence-corrected chi connectivity index (χ1v) is 9.05. The minimum Gasteiger partial charge on any atom is -0.497 e. The average Bonchev–Trinajstić information content (AvgIpc) is 3.05. The van der Waals surface area contributed by atoms with Gasteiger partial charge in [0.2, 0.25) is 0 Å². The van der Waals surface area contributed by atoms with Crippen molar-refractivity contribution in [3.63, 3.8) is 0 Å². The highest BCUT2D eigenvalue weighted by Gasteiger charge is 2.40. The molecule has 0 unspecified atom stereocenters. The van der Waals surface area contributed by atoms with E-state index in [1.807, 2.05) is 0 Å². The van der Waals surface area contributed by atoms with Crippen LogP contribution in [0.2, 0.25) is 0 Å². The van der Waals surface area contributed by atoms with Gasteiger partial charge in [0.1, 0.15) is 17.2 Å². The van der Waals surface area contributed by atoms with Crippen molar-refractivity contribution in [1.29, 1.82) is 0 Å². The van der Waals surface area contributed by atoms with Crippen molar-refractivity contribution in [2.45, 2.75) is 6.17 Å². The van der Waals surface area contributed by atoms with Crippen LogP contribution in [0, 0.1) is 10.1 Å². The zero-order valence-electron chi connectivity index (χ0n) is 16.2. The highest BCUT2D eigenvalue weighted by molar-refractivity contribution is 6.11. The summed E-state index contributed by atoms with van der Waals surface area (Å²) < 4.78 is 10.4. The highest BCUT2D eigenvalue weighted by Crippen LogP contribution is 2.40. The maximum atomic E-state index is 13.2. The normalized spacial score (nSPS) is 14.9. The molecule has 0 aliphatic carbocycles. The quantitative estimate of drug-likeness (QED) is 0.490. The number of anilines is 2. The van der Waals surface area contributed by atoms with Crippen LogP contribution in [0.25, 0.3) is 0 Å². The van der Waals surface area contributed by atoms with Gasteiger partial charge in [-0.25, -0.2) is 0 Å². The van der Waals surface area contributed by atoms with Gasteiger partial charge < -0.3 is 14.8 Å². The molecule has 0 radical (unpaired) electrons. The summed E-state index contributed by atoms with van der Waals surface area (Å²) in [6.07, 6.45) is 0.839. The van der Waals surface area contributed by atoms with Crippen LogP contribution in [-0.2, 0) is 0 Å². The lowest BCUT2D eigenvalue weighted by molar-refractivity contribution is -0.384. The fourth-order valence-corrected chi connectivity index (χ4v) is 3.40. The number of ether oxygens (including phenoxy) is 2.